The van der Waals surface area contributed by atoms with Crippen molar-refractivity contribution in [3.05, 3.63) is 35.6 Å². The molecule has 0 aromatic heterocycles. The van der Waals surface area contributed by atoms with Gasteiger partial charge in [0.25, 0.3) is 0 Å². The van der Waals surface area contributed by atoms with Crippen LogP contribution in [0.1, 0.15) is 31.7 Å². The number of halogens is 1. The third kappa shape index (κ3) is 2.05. The van der Waals surface area contributed by atoms with Crippen molar-refractivity contribution in [2.45, 2.75) is 31.6 Å². The van der Waals surface area contributed by atoms with Gasteiger partial charge in [-0.2, -0.15) is 0 Å². The molecule has 0 spiro atoms. The molecule has 0 aliphatic carbocycles. The lowest BCUT2D eigenvalue weighted by Crippen LogP contribution is -2.56. The fraction of sp³-hybridized carbons (Fsp3) is 0.538. The smallest absolute Gasteiger partial charge is 0.123 e. The Kier molecular flexibility index (Phi) is 3.06. The zero-order valence-corrected chi connectivity index (χ0v) is 9.22. The van der Waals surface area contributed by atoms with E-state index in [1.54, 1.807) is 12.1 Å². The van der Waals surface area contributed by atoms with E-state index in [1.165, 1.54) is 24.8 Å². The van der Waals surface area contributed by atoms with Crippen molar-refractivity contribution >= 4 is 0 Å². The summed E-state index contributed by atoms with van der Waals surface area (Å²) < 4.78 is 12.8. The van der Waals surface area contributed by atoms with Gasteiger partial charge in [-0.1, -0.05) is 31.9 Å². The minimum absolute atomic E-state index is 0.142. The summed E-state index contributed by atoms with van der Waals surface area (Å²) in [4.78, 5) is 0. The molecular formula is C13H18FN. The molecule has 1 aromatic carbocycles. The largest absolute Gasteiger partial charge is 0.315 e. The van der Waals surface area contributed by atoms with E-state index < -0.39 is 0 Å². The van der Waals surface area contributed by atoms with Crippen LogP contribution in [0.2, 0.25) is 0 Å². The average Bonchev–Trinajstić information content (AvgIpc) is 2.19. The average molecular weight is 207 g/mol. The van der Waals surface area contributed by atoms with Crippen LogP contribution in [0, 0.1) is 5.82 Å². The van der Waals surface area contributed by atoms with Crippen molar-refractivity contribution < 1.29 is 4.39 Å². The highest BCUT2D eigenvalue weighted by Gasteiger charge is 2.37. The summed E-state index contributed by atoms with van der Waals surface area (Å²) in [7, 11) is 0. The van der Waals surface area contributed by atoms with Crippen LogP contribution in [0.3, 0.4) is 0 Å². The normalized spacial score (nSPS) is 18.5. The molecule has 1 aliphatic heterocycles. The van der Waals surface area contributed by atoms with Gasteiger partial charge in [-0.15, -0.1) is 0 Å². The highest BCUT2D eigenvalue weighted by molar-refractivity contribution is 5.29. The summed E-state index contributed by atoms with van der Waals surface area (Å²) in [6.45, 7) is 4.29. The van der Waals surface area contributed by atoms with Gasteiger partial charge >= 0.3 is 0 Å². The van der Waals surface area contributed by atoms with Crippen LogP contribution in [-0.2, 0) is 5.41 Å². The maximum atomic E-state index is 12.8. The van der Waals surface area contributed by atoms with Crippen molar-refractivity contribution in [3.63, 3.8) is 0 Å². The first-order chi connectivity index (χ1) is 7.27. The number of hydrogen-bond donors (Lipinski definition) is 1. The van der Waals surface area contributed by atoms with Crippen LogP contribution >= 0.6 is 0 Å². The Morgan fingerprint density at radius 1 is 1.27 bits per heavy atom. The second kappa shape index (κ2) is 4.31. The van der Waals surface area contributed by atoms with Gasteiger partial charge in [0.1, 0.15) is 5.82 Å². The molecule has 1 aliphatic rings. The zero-order chi connectivity index (χ0) is 10.7. The predicted molar refractivity (Wildman–Crippen MR) is 60.5 cm³/mol. The Hall–Kier alpha value is -0.890. The summed E-state index contributed by atoms with van der Waals surface area (Å²) in [5.74, 6) is -0.142. The molecule has 1 aromatic rings. The topological polar surface area (TPSA) is 12.0 Å². The third-order valence-corrected chi connectivity index (χ3v) is 3.39. The maximum Gasteiger partial charge on any atom is 0.123 e. The number of benzene rings is 1. The number of rotatable bonds is 4. The quantitative estimate of drug-likeness (QED) is 0.800. The summed E-state index contributed by atoms with van der Waals surface area (Å²) in [5, 5.41) is 3.33. The Bertz CT molecular complexity index is 314. The highest BCUT2D eigenvalue weighted by atomic mass is 19.1. The Morgan fingerprint density at radius 3 is 2.40 bits per heavy atom. The fourth-order valence-corrected chi connectivity index (χ4v) is 2.27. The summed E-state index contributed by atoms with van der Waals surface area (Å²) >= 11 is 0. The van der Waals surface area contributed by atoms with E-state index in [1.807, 2.05) is 12.1 Å². The standard InChI is InChI=1S/C13H18FN/c1-2-3-8-13(9-15-10-13)11-4-6-12(14)7-5-11/h4-7,15H,2-3,8-10H2,1H3. The molecule has 82 valence electrons. The summed E-state index contributed by atoms with van der Waals surface area (Å²) in [5.41, 5.74) is 1.57. The fourth-order valence-electron chi connectivity index (χ4n) is 2.27. The lowest BCUT2D eigenvalue weighted by molar-refractivity contribution is 0.251. The Morgan fingerprint density at radius 2 is 1.93 bits per heavy atom. The van der Waals surface area contributed by atoms with E-state index in [0.717, 1.165) is 13.1 Å². The molecule has 1 fully saturated rings. The van der Waals surface area contributed by atoms with Gasteiger partial charge in [0.2, 0.25) is 0 Å². The van der Waals surface area contributed by atoms with Gasteiger partial charge in [0.15, 0.2) is 0 Å². The monoisotopic (exact) mass is 207 g/mol. The van der Waals surface area contributed by atoms with E-state index in [-0.39, 0.29) is 11.2 Å². The minimum atomic E-state index is -0.142. The van der Waals surface area contributed by atoms with Gasteiger partial charge in [-0.05, 0) is 24.1 Å². The highest BCUT2D eigenvalue weighted by Crippen LogP contribution is 2.33. The molecule has 1 nitrogen and oxygen atoms in total. The molecule has 2 rings (SSSR count). The molecule has 0 radical (unpaired) electrons. The van der Waals surface area contributed by atoms with Crippen molar-refractivity contribution in [2.75, 3.05) is 13.1 Å². The second-order valence-electron chi connectivity index (χ2n) is 4.49. The minimum Gasteiger partial charge on any atom is -0.315 e. The lowest BCUT2D eigenvalue weighted by atomic mass is 9.72. The van der Waals surface area contributed by atoms with Crippen LogP contribution in [0.25, 0.3) is 0 Å². The van der Waals surface area contributed by atoms with E-state index in [4.69, 9.17) is 0 Å². The van der Waals surface area contributed by atoms with Gasteiger partial charge in [-0.3, -0.25) is 0 Å². The molecule has 0 bridgehead atoms. The summed E-state index contributed by atoms with van der Waals surface area (Å²) in [6, 6.07) is 7.01. The zero-order valence-electron chi connectivity index (χ0n) is 9.22. The number of hydrogen-bond acceptors (Lipinski definition) is 1. The molecule has 0 unspecified atom stereocenters. The van der Waals surface area contributed by atoms with Gasteiger partial charge in [-0.25, -0.2) is 4.39 Å². The maximum absolute atomic E-state index is 12.8. The first-order valence-corrected chi connectivity index (χ1v) is 5.74. The van der Waals surface area contributed by atoms with Crippen molar-refractivity contribution in [1.82, 2.24) is 5.32 Å². The van der Waals surface area contributed by atoms with Gasteiger partial charge in [0, 0.05) is 18.5 Å². The van der Waals surface area contributed by atoms with Gasteiger partial charge in [0.05, 0.1) is 0 Å². The lowest BCUT2D eigenvalue weighted by Gasteiger charge is -2.43. The number of unbranched alkanes of at least 4 members (excludes halogenated alkanes) is 1. The Balaban J connectivity index is 2.14. The van der Waals surface area contributed by atoms with E-state index in [0.29, 0.717) is 0 Å². The molecule has 0 amide bonds. The first kappa shape index (κ1) is 10.6. The Labute approximate surface area is 90.7 Å². The van der Waals surface area contributed by atoms with Crippen LogP contribution < -0.4 is 5.32 Å². The molecule has 1 saturated heterocycles. The predicted octanol–water partition coefficient (Wildman–Crippen LogP) is 2.86. The molecule has 1 N–H and O–H groups in total. The van der Waals surface area contributed by atoms with E-state index in [9.17, 15) is 4.39 Å². The number of nitrogens with one attached hydrogen (secondary N) is 1. The molecule has 0 saturated carbocycles. The van der Waals surface area contributed by atoms with Crippen molar-refractivity contribution in [3.8, 4) is 0 Å². The van der Waals surface area contributed by atoms with Crippen molar-refractivity contribution in [1.29, 1.82) is 0 Å². The first-order valence-electron chi connectivity index (χ1n) is 5.74. The van der Waals surface area contributed by atoms with E-state index >= 15 is 0 Å². The molecule has 0 atom stereocenters. The van der Waals surface area contributed by atoms with Crippen molar-refractivity contribution in [2.24, 2.45) is 0 Å². The van der Waals surface area contributed by atoms with Crippen LogP contribution in [0.4, 0.5) is 4.39 Å². The molecule has 2 heteroatoms. The van der Waals surface area contributed by atoms with Crippen LogP contribution in [0.5, 0.6) is 0 Å². The molecular weight excluding hydrogens is 189 g/mol. The summed E-state index contributed by atoms with van der Waals surface area (Å²) in [6.07, 6.45) is 3.68. The second-order valence-corrected chi connectivity index (χ2v) is 4.49. The molecule has 15 heavy (non-hydrogen) atoms. The van der Waals surface area contributed by atoms with E-state index in [2.05, 4.69) is 12.2 Å². The van der Waals surface area contributed by atoms with Gasteiger partial charge < -0.3 is 5.32 Å². The van der Waals surface area contributed by atoms with Crippen LogP contribution in [0.15, 0.2) is 24.3 Å². The molecule has 1 heterocycles. The third-order valence-electron chi connectivity index (χ3n) is 3.39. The van der Waals surface area contributed by atoms with Crippen LogP contribution in [-0.4, -0.2) is 13.1 Å². The SMILES string of the molecule is CCCCC1(c2ccc(F)cc2)CNC1.